The molecule has 2 saturated carbocycles. The first kappa shape index (κ1) is 20.2. The van der Waals surface area contributed by atoms with Gasteiger partial charge in [-0.15, -0.1) is 0 Å². The first-order chi connectivity index (χ1) is 13.8. The Morgan fingerprint density at radius 1 is 1.07 bits per heavy atom. The van der Waals surface area contributed by atoms with Crippen LogP contribution in [-0.4, -0.2) is 21.7 Å². The largest absolute Gasteiger partial charge is 0.348 e. The zero-order valence-corrected chi connectivity index (χ0v) is 18.4. The van der Waals surface area contributed by atoms with Crippen molar-refractivity contribution >= 4 is 5.91 Å². The smallest absolute Gasteiger partial charge is 0.272 e. The number of carbonyl (C=O) groups excluding carboxylic acids is 1. The molecule has 0 radical (unpaired) electrons. The first-order valence-electron chi connectivity index (χ1n) is 11.3. The fraction of sp³-hybridized carbons (Fsp3) is 0.600. The molecular formula is C25H35N3O. The van der Waals surface area contributed by atoms with Crippen molar-refractivity contribution in [1.29, 1.82) is 0 Å². The van der Waals surface area contributed by atoms with Crippen LogP contribution in [0.5, 0.6) is 0 Å². The SMILES string of the molecule is Cc1cc(-n2nc(C(=O)NC3CC3)cc2CC2CCCCC2)cc(C(C)(C)C)c1. The fourth-order valence-corrected chi connectivity index (χ4v) is 4.39. The molecule has 29 heavy (non-hydrogen) atoms. The van der Waals surface area contributed by atoms with Crippen molar-refractivity contribution in [2.75, 3.05) is 0 Å². The Labute approximate surface area is 175 Å². The van der Waals surface area contributed by atoms with Crippen LogP contribution in [0.2, 0.25) is 0 Å². The monoisotopic (exact) mass is 393 g/mol. The molecule has 0 aliphatic heterocycles. The average molecular weight is 394 g/mol. The molecule has 2 aliphatic rings. The molecule has 1 heterocycles. The molecule has 4 rings (SSSR count). The second-order valence-electron chi connectivity index (χ2n) is 10.2. The molecular weight excluding hydrogens is 358 g/mol. The van der Waals surface area contributed by atoms with E-state index >= 15 is 0 Å². The summed E-state index contributed by atoms with van der Waals surface area (Å²) in [5.74, 6) is 0.672. The third-order valence-electron chi connectivity index (χ3n) is 6.32. The molecule has 0 bridgehead atoms. The van der Waals surface area contributed by atoms with Gasteiger partial charge in [-0.1, -0.05) is 58.9 Å². The predicted molar refractivity (Wildman–Crippen MR) is 118 cm³/mol. The lowest BCUT2D eigenvalue weighted by molar-refractivity contribution is 0.0945. The van der Waals surface area contributed by atoms with E-state index in [9.17, 15) is 4.79 Å². The van der Waals surface area contributed by atoms with Crippen LogP contribution in [0.15, 0.2) is 24.3 Å². The normalized spacial score (nSPS) is 18.1. The van der Waals surface area contributed by atoms with Gasteiger partial charge in [-0.05, 0) is 66.8 Å². The van der Waals surface area contributed by atoms with E-state index in [0.717, 1.165) is 24.9 Å². The summed E-state index contributed by atoms with van der Waals surface area (Å²) >= 11 is 0. The van der Waals surface area contributed by atoms with E-state index in [1.165, 1.54) is 48.9 Å². The fourth-order valence-electron chi connectivity index (χ4n) is 4.39. The summed E-state index contributed by atoms with van der Waals surface area (Å²) in [6, 6.07) is 9.07. The summed E-state index contributed by atoms with van der Waals surface area (Å²) < 4.78 is 2.04. The Hall–Kier alpha value is -2.10. The molecule has 1 aromatic carbocycles. The number of amides is 1. The van der Waals surface area contributed by atoms with E-state index in [1.807, 2.05) is 10.7 Å². The van der Waals surface area contributed by atoms with Gasteiger partial charge in [0.15, 0.2) is 5.69 Å². The summed E-state index contributed by atoms with van der Waals surface area (Å²) in [7, 11) is 0. The van der Waals surface area contributed by atoms with E-state index in [-0.39, 0.29) is 11.3 Å². The molecule has 156 valence electrons. The Morgan fingerprint density at radius 3 is 2.45 bits per heavy atom. The highest BCUT2D eigenvalue weighted by Crippen LogP contribution is 2.30. The van der Waals surface area contributed by atoms with Crippen LogP contribution in [0, 0.1) is 12.8 Å². The van der Waals surface area contributed by atoms with Gasteiger partial charge in [0, 0.05) is 11.7 Å². The van der Waals surface area contributed by atoms with Gasteiger partial charge in [0.1, 0.15) is 0 Å². The van der Waals surface area contributed by atoms with Crippen LogP contribution in [-0.2, 0) is 11.8 Å². The molecule has 1 amide bonds. The van der Waals surface area contributed by atoms with Gasteiger partial charge in [-0.25, -0.2) is 4.68 Å². The first-order valence-corrected chi connectivity index (χ1v) is 11.3. The van der Waals surface area contributed by atoms with Crippen molar-refractivity contribution in [1.82, 2.24) is 15.1 Å². The lowest BCUT2D eigenvalue weighted by Crippen LogP contribution is -2.25. The van der Waals surface area contributed by atoms with Crippen molar-refractivity contribution in [2.45, 2.75) is 90.5 Å². The van der Waals surface area contributed by atoms with Gasteiger partial charge in [-0.3, -0.25) is 4.79 Å². The molecule has 4 nitrogen and oxygen atoms in total. The van der Waals surface area contributed by atoms with Crippen LogP contribution < -0.4 is 5.32 Å². The zero-order chi connectivity index (χ0) is 20.6. The van der Waals surface area contributed by atoms with Gasteiger partial charge in [0.2, 0.25) is 0 Å². The number of aryl methyl sites for hydroxylation is 1. The zero-order valence-electron chi connectivity index (χ0n) is 18.4. The van der Waals surface area contributed by atoms with Crippen LogP contribution in [0.1, 0.15) is 93.0 Å². The van der Waals surface area contributed by atoms with Gasteiger partial charge in [0.25, 0.3) is 5.91 Å². The number of nitrogens with one attached hydrogen (secondary N) is 1. The highest BCUT2D eigenvalue weighted by Gasteiger charge is 2.26. The lowest BCUT2D eigenvalue weighted by atomic mass is 9.85. The minimum Gasteiger partial charge on any atom is -0.348 e. The maximum atomic E-state index is 12.7. The van der Waals surface area contributed by atoms with Crippen LogP contribution in [0.3, 0.4) is 0 Å². The highest BCUT2D eigenvalue weighted by molar-refractivity contribution is 5.92. The summed E-state index contributed by atoms with van der Waals surface area (Å²) in [5.41, 5.74) is 5.41. The molecule has 0 atom stereocenters. The molecule has 0 saturated heterocycles. The van der Waals surface area contributed by atoms with E-state index in [0.29, 0.717) is 17.7 Å². The van der Waals surface area contributed by atoms with Crippen molar-refractivity contribution in [3.8, 4) is 5.69 Å². The molecule has 4 heteroatoms. The maximum absolute atomic E-state index is 12.7. The highest BCUT2D eigenvalue weighted by atomic mass is 16.2. The van der Waals surface area contributed by atoms with E-state index in [4.69, 9.17) is 5.10 Å². The number of hydrogen-bond donors (Lipinski definition) is 1. The van der Waals surface area contributed by atoms with Gasteiger partial charge >= 0.3 is 0 Å². The van der Waals surface area contributed by atoms with E-state index in [2.05, 4.69) is 51.2 Å². The summed E-state index contributed by atoms with van der Waals surface area (Å²) in [6.45, 7) is 8.87. The van der Waals surface area contributed by atoms with Crippen molar-refractivity contribution in [2.24, 2.45) is 5.92 Å². The average Bonchev–Trinajstić information content (AvgIpc) is 3.38. The van der Waals surface area contributed by atoms with Crippen molar-refractivity contribution in [3.63, 3.8) is 0 Å². The number of hydrogen-bond acceptors (Lipinski definition) is 2. The van der Waals surface area contributed by atoms with Crippen LogP contribution in [0.25, 0.3) is 5.69 Å². The number of aromatic nitrogens is 2. The predicted octanol–water partition coefficient (Wildman–Crippen LogP) is 5.49. The Balaban J connectivity index is 1.70. The number of benzene rings is 1. The minimum absolute atomic E-state index is 0.0279. The molecule has 2 fully saturated rings. The van der Waals surface area contributed by atoms with Gasteiger partial charge < -0.3 is 5.32 Å². The Bertz CT molecular complexity index is 880. The second-order valence-corrected chi connectivity index (χ2v) is 10.2. The Kier molecular flexibility index (Phi) is 5.54. The second kappa shape index (κ2) is 7.97. The molecule has 0 spiro atoms. The van der Waals surface area contributed by atoms with E-state index < -0.39 is 0 Å². The third kappa shape index (κ3) is 4.91. The van der Waals surface area contributed by atoms with Crippen molar-refractivity contribution in [3.05, 3.63) is 46.8 Å². The number of nitrogens with zero attached hydrogens (tertiary/aromatic N) is 2. The van der Waals surface area contributed by atoms with Gasteiger partial charge in [-0.2, -0.15) is 5.10 Å². The van der Waals surface area contributed by atoms with Gasteiger partial charge in [0.05, 0.1) is 5.69 Å². The molecule has 1 N–H and O–H groups in total. The summed E-state index contributed by atoms with van der Waals surface area (Å²) in [6.07, 6.45) is 9.77. The minimum atomic E-state index is -0.0279. The van der Waals surface area contributed by atoms with E-state index in [1.54, 1.807) is 0 Å². The molecule has 0 unspecified atom stereocenters. The third-order valence-corrected chi connectivity index (χ3v) is 6.32. The van der Waals surface area contributed by atoms with Crippen LogP contribution in [0.4, 0.5) is 0 Å². The molecule has 2 aliphatic carbocycles. The maximum Gasteiger partial charge on any atom is 0.272 e. The lowest BCUT2D eigenvalue weighted by Gasteiger charge is -2.23. The topological polar surface area (TPSA) is 46.9 Å². The Morgan fingerprint density at radius 2 is 1.79 bits per heavy atom. The summed E-state index contributed by atoms with van der Waals surface area (Å²) in [4.78, 5) is 12.7. The molecule has 2 aromatic rings. The van der Waals surface area contributed by atoms with Crippen LogP contribution >= 0.6 is 0 Å². The quantitative estimate of drug-likeness (QED) is 0.730. The number of rotatable bonds is 5. The summed E-state index contributed by atoms with van der Waals surface area (Å²) in [5, 5.41) is 7.89. The van der Waals surface area contributed by atoms with Crippen molar-refractivity contribution < 1.29 is 4.79 Å². The number of carbonyl (C=O) groups is 1. The standard InChI is InChI=1S/C25H35N3O/c1-17-12-19(25(2,3)4)15-21(13-17)28-22(14-18-8-6-5-7-9-18)16-23(27-28)24(29)26-20-10-11-20/h12-13,15-16,18,20H,5-11,14H2,1-4H3,(H,26,29). The molecule has 1 aromatic heterocycles.